The van der Waals surface area contributed by atoms with Crippen LogP contribution in [-0.4, -0.2) is 84.4 Å². The molecular formula is C32H43BrN4O6. The van der Waals surface area contributed by atoms with Crippen molar-refractivity contribution in [2.24, 2.45) is 0 Å². The van der Waals surface area contributed by atoms with Gasteiger partial charge < -0.3 is 24.8 Å². The summed E-state index contributed by atoms with van der Waals surface area (Å²) in [4.78, 5) is 41.0. The van der Waals surface area contributed by atoms with Gasteiger partial charge in [0.05, 0.1) is 24.8 Å². The highest BCUT2D eigenvalue weighted by Crippen LogP contribution is 2.31. The average molecular weight is 660 g/mol. The molecule has 2 aliphatic rings. The summed E-state index contributed by atoms with van der Waals surface area (Å²) in [5.41, 5.74) is 4.42. The molecule has 0 spiro atoms. The third-order valence-corrected chi connectivity index (χ3v) is 7.81. The SMILES string of the molecule is Br.CCOc1cc2c(cc1C(=O)NC)C(=N)N(CC(=O)c1cc(CN3CCC(OCC(=O)O)CC3)cc(C(C)(C)C)c1)C2. The number of halogens is 1. The summed E-state index contributed by atoms with van der Waals surface area (Å²) in [5.74, 6) is -0.627. The number of hydrogen-bond donors (Lipinski definition) is 3. The zero-order valence-electron chi connectivity index (χ0n) is 25.6. The Labute approximate surface area is 264 Å². The van der Waals surface area contributed by atoms with E-state index in [1.54, 1.807) is 24.1 Å². The number of rotatable bonds is 11. The number of piperidine rings is 1. The van der Waals surface area contributed by atoms with Crippen molar-refractivity contribution >= 4 is 40.5 Å². The van der Waals surface area contributed by atoms with E-state index in [-0.39, 0.29) is 59.2 Å². The topological polar surface area (TPSA) is 132 Å². The predicted octanol–water partition coefficient (Wildman–Crippen LogP) is 4.41. The first-order chi connectivity index (χ1) is 19.9. The summed E-state index contributed by atoms with van der Waals surface area (Å²) < 4.78 is 11.2. The minimum atomic E-state index is -0.953. The highest BCUT2D eigenvalue weighted by molar-refractivity contribution is 8.93. The maximum absolute atomic E-state index is 13.7. The lowest BCUT2D eigenvalue weighted by Gasteiger charge is -2.32. The van der Waals surface area contributed by atoms with Gasteiger partial charge in [-0.15, -0.1) is 17.0 Å². The molecular weight excluding hydrogens is 616 g/mol. The Kier molecular flexibility index (Phi) is 11.5. The highest BCUT2D eigenvalue weighted by Gasteiger charge is 2.30. The number of carboxylic acid groups (broad SMARTS) is 1. The van der Waals surface area contributed by atoms with Crippen molar-refractivity contribution < 1.29 is 29.0 Å². The fourth-order valence-corrected chi connectivity index (χ4v) is 5.47. The summed E-state index contributed by atoms with van der Waals surface area (Å²) in [6, 6.07) is 9.56. The van der Waals surface area contributed by atoms with Crippen LogP contribution in [0, 0.1) is 5.41 Å². The molecule has 2 aromatic rings. The van der Waals surface area contributed by atoms with Crippen LogP contribution in [-0.2, 0) is 28.0 Å². The number of ketones is 1. The summed E-state index contributed by atoms with van der Waals surface area (Å²) >= 11 is 0. The van der Waals surface area contributed by atoms with E-state index in [4.69, 9.17) is 20.0 Å². The molecule has 0 radical (unpaired) electrons. The number of carbonyl (C=O) groups excluding carboxylic acids is 2. The molecule has 0 aliphatic carbocycles. The third kappa shape index (κ3) is 8.43. The van der Waals surface area contributed by atoms with Crippen LogP contribution in [0.3, 0.4) is 0 Å². The van der Waals surface area contributed by atoms with E-state index >= 15 is 0 Å². The van der Waals surface area contributed by atoms with Gasteiger partial charge in [-0.2, -0.15) is 0 Å². The van der Waals surface area contributed by atoms with E-state index in [0.717, 1.165) is 42.6 Å². The average Bonchev–Trinajstić information content (AvgIpc) is 3.24. The van der Waals surface area contributed by atoms with E-state index in [1.165, 1.54) is 0 Å². The molecule has 0 bridgehead atoms. The molecule has 0 saturated carbocycles. The van der Waals surface area contributed by atoms with Gasteiger partial charge in [0, 0.05) is 44.4 Å². The second kappa shape index (κ2) is 14.5. The standard InChI is InChI=1S/C32H42N4O6.BrH/c1-6-41-28-14-22-17-36(30(33)25(22)15-26(28)31(40)34-5)18-27(37)21-11-20(12-23(13-21)32(2,3)4)16-35-9-7-24(8-10-35)42-19-29(38)39;/h11-15,24,33H,6-10,16-19H2,1-5H3,(H,34,40)(H,38,39);1H. The first-order valence-corrected chi connectivity index (χ1v) is 14.5. The van der Waals surface area contributed by atoms with Gasteiger partial charge in [-0.05, 0) is 66.1 Å². The van der Waals surface area contributed by atoms with E-state index in [2.05, 4.69) is 37.1 Å². The molecule has 1 fully saturated rings. The molecule has 43 heavy (non-hydrogen) atoms. The number of amidine groups is 1. The number of aliphatic carboxylic acids is 1. The van der Waals surface area contributed by atoms with Crippen LogP contribution < -0.4 is 10.1 Å². The summed E-state index contributed by atoms with van der Waals surface area (Å²) in [6.45, 7) is 11.1. The van der Waals surface area contributed by atoms with E-state index in [1.807, 2.05) is 19.1 Å². The molecule has 2 heterocycles. The van der Waals surface area contributed by atoms with Crippen molar-refractivity contribution in [2.75, 3.05) is 39.9 Å². The number of nitrogens with one attached hydrogen (secondary N) is 2. The number of likely N-dealkylation sites (tertiary alicyclic amines) is 1. The zero-order chi connectivity index (χ0) is 30.6. The van der Waals surface area contributed by atoms with Gasteiger partial charge in [0.1, 0.15) is 18.2 Å². The van der Waals surface area contributed by atoms with Crippen LogP contribution in [0.15, 0.2) is 30.3 Å². The van der Waals surface area contributed by atoms with E-state index < -0.39 is 5.97 Å². The number of hydrogen-bond acceptors (Lipinski definition) is 7. The number of benzene rings is 2. The van der Waals surface area contributed by atoms with Gasteiger partial charge >= 0.3 is 5.97 Å². The predicted molar refractivity (Wildman–Crippen MR) is 170 cm³/mol. The van der Waals surface area contributed by atoms with Gasteiger partial charge in [-0.25, -0.2) is 4.79 Å². The quantitative estimate of drug-likeness (QED) is 0.303. The van der Waals surface area contributed by atoms with Crippen LogP contribution in [0.5, 0.6) is 5.75 Å². The molecule has 2 aliphatic heterocycles. The molecule has 234 valence electrons. The number of ether oxygens (including phenoxy) is 2. The largest absolute Gasteiger partial charge is 0.493 e. The number of nitrogens with zero attached hydrogens (tertiary/aromatic N) is 2. The first kappa shape index (κ1) is 34.2. The summed E-state index contributed by atoms with van der Waals surface area (Å²) in [7, 11) is 1.56. The molecule has 2 aromatic carbocycles. The molecule has 4 rings (SSSR count). The lowest BCUT2D eigenvalue weighted by Crippen LogP contribution is -2.37. The molecule has 3 N–H and O–H groups in total. The fourth-order valence-electron chi connectivity index (χ4n) is 5.47. The van der Waals surface area contributed by atoms with Gasteiger partial charge in [0.15, 0.2) is 5.78 Å². The fraction of sp³-hybridized carbons (Fsp3) is 0.500. The van der Waals surface area contributed by atoms with Crippen molar-refractivity contribution in [1.29, 1.82) is 5.41 Å². The molecule has 10 nitrogen and oxygen atoms in total. The van der Waals surface area contributed by atoms with Gasteiger partial charge in [0.2, 0.25) is 0 Å². The lowest BCUT2D eigenvalue weighted by atomic mass is 9.84. The van der Waals surface area contributed by atoms with Crippen LogP contribution in [0.4, 0.5) is 0 Å². The van der Waals surface area contributed by atoms with Gasteiger partial charge in [-0.1, -0.05) is 26.8 Å². The zero-order valence-corrected chi connectivity index (χ0v) is 27.3. The second-order valence-electron chi connectivity index (χ2n) is 12.0. The van der Waals surface area contributed by atoms with Crippen LogP contribution in [0.25, 0.3) is 0 Å². The van der Waals surface area contributed by atoms with Crippen molar-refractivity contribution in [3.05, 3.63) is 63.7 Å². The second-order valence-corrected chi connectivity index (χ2v) is 12.0. The Morgan fingerprint density at radius 1 is 1.09 bits per heavy atom. The smallest absolute Gasteiger partial charge is 0.329 e. The Morgan fingerprint density at radius 3 is 2.40 bits per heavy atom. The number of Topliss-reactive ketones (excluding diaryl/α,β-unsaturated/α-hetero) is 1. The molecule has 0 unspecified atom stereocenters. The monoisotopic (exact) mass is 658 g/mol. The third-order valence-electron chi connectivity index (χ3n) is 7.81. The molecule has 0 atom stereocenters. The van der Waals surface area contributed by atoms with E-state index in [9.17, 15) is 14.4 Å². The van der Waals surface area contributed by atoms with Crippen LogP contribution in [0.2, 0.25) is 0 Å². The maximum atomic E-state index is 13.7. The molecule has 1 amide bonds. The number of carbonyl (C=O) groups is 3. The Hall–Kier alpha value is -3.28. The number of carboxylic acids is 1. The Balaban J connectivity index is 0.00000506. The van der Waals surface area contributed by atoms with Crippen LogP contribution in [0.1, 0.15) is 83.5 Å². The van der Waals surface area contributed by atoms with Gasteiger partial charge in [-0.3, -0.25) is 19.9 Å². The Morgan fingerprint density at radius 2 is 1.79 bits per heavy atom. The molecule has 11 heteroatoms. The number of amides is 1. The minimum Gasteiger partial charge on any atom is -0.493 e. The first-order valence-electron chi connectivity index (χ1n) is 14.5. The van der Waals surface area contributed by atoms with Crippen molar-refractivity contribution in [2.45, 2.75) is 65.1 Å². The lowest BCUT2D eigenvalue weighted by molar-refractivity contribution is -0.145. The van der Waals surface area contributed by atoms with Crippen molar-refractivity contribution in [3.63, 3.8) is 0 Å². The van der Waals surface area contributed by atoms with Crippen molar-refractivity contribution in [1.82, 2.24) is 15.1 Å². The highest BCUT2D eigenvalue weighted by atomic mass is 79.9. The van der Waals surface area contributed by atoms with Gasteiger partial charge in [0.25, 0.3) is 5.91 Å². The number of fused-ring (bicyclic) bond motifs is 1. The molecule has 1 saturated heterocycles. The minimum absolute atomic E-state index is 0. The normalized spacial score (nSPS) is 15.6. The van der Waals surface area contributed by atoms with Crippen LogP contribution >= 0.6 is 17.0 Å². The molecule has 0 aromatic heterocycles. The van der Waals surface area contributed by atoms with Crippen molar-refractivity contribution in [3.8, 4) is 5.75 Å². The van der Waals surface area contributed by atoms with E-state index in [0.29, 0.717) is 42.1 Å². The maximum Gasteiger partial charge on any atom is 0.329 e. The summed E-state index contributed by atoms with van der Waals surface area (Å²) in [5, 5.41) is 20.3. The summed E-state index contributed by atoms with van der Waals surface area (Å²) in [6.07, 6.45) is 1.48. The Bertz CT molecular complexity index is 1360.